The molecule has 12 heteroatoms. The van der Waals surface area contributed by atoms with Gasteiger partial charge in [0.25, 0.3) is 5.91 Å². The number of anilines is 1. The number of benzene rings is 4. The second-order valence-corrected chi connectivity index (χ2v) is 12.0. The first-order valence-electron chi connectivity index (χ1n) is 16.5. The summed E-state index contributed by atoms with van der Waals surface area (Å²) in [6.07, 6.45) is -6.39. The van der Waals surface area contributed by atoms with Crippen molar-refractivity contribution < 1.29 is 51.4 Å². The van der Waals surface area contributed by atoms with Crippen molar-refractivity contribution >= 4 is 35.3 Å². The highest BCUT2D eigenvalue weighted by Gasteiger charge is 2.60. The van der Waals surface area contributed by atoms with Crippen molar-refractivity contribution in [2.45, 2.75) is 52.3 Å². The number of hydrogen-bond donors (Lipinski definition) is 1. The van der Waals surface area contributed by atoms with Gasteiger partial charge < -0.3 is 19.5 Å². The summed E-state index contributed by atoms with van der Waals surface area (Å²) < 4.78 is 56.5. The lowest BCUT2D eigenvalue weighted by atomic mass is 9.71. The third-order valence-corrected chi connectivity index (χ3v) is 8.19. The van der Waals surface area contributed by atoms with E-state index in [2.05, 4.69) is 5.32 Å². The number of alkyl halides is 3. The van der Waals surface area contributed by atoms with Crippen molar-refractivity contribution in [3.8, 4) is 11.1 Å². The molecule has 4 aromatic carbocycles. The minimum Gasteiger partial charge on any atom is -0.465 e. The number of esters is 3. The van der Waals surface area contributed by atoms with Crippen molar-refractivity contribution in [3.05, 3.63) is 125 Å². The molecule has 0 aliphatic rings. The average molecular weight is 718 g/mol. The van der Waals surface area contributed by atoms with E-state index in [0.717, 1.165) is 19.1 Å². The molecule has 0 bridgehead atoms. The fraction of sp³-hybridized carbons (Fsp3) is 0.275. The second kappa shape index (κ2) is 16.5. The molecule has 1 unspecified atom stereocenters. The maximum atomic E-state index is 14.2. The third-order valence-electron chi connectivity index (χ3n) is 8.19. The van der Waals surface area contributed by atoms with Gasteiger partial charge in [-0.3, -0.25) is 24.0 Å². The summed E-state index contributed by atoms with van der Waals surface area (Å²) in [7, 11) is 0. The summed E-state index contributed by atoms with van der Waals surface area (Å²) in [5, 5.41) is 2.74. The minimum atomic E-state index is -4.55. The Morgan fingerprint density at radius 1 is 0.712 bits per heavy atom. The molecule has 1 amide bonds. The number of amides is 1. The van der Waals surface area contributed by atoms with Gasteiger partial charge in [-0.2, -0.15) is 13.2 Å². The van der Waals surface area contributed by atoms with Gasteiger partial charge in [0.2, 0.25) is 5.41 Å². The number of carbonyl (C=O) groups excluding carboxylic acids is 5. The lowest BCUT2D eigenvalue weighted by Crippen LogP contribution is -2.52. The zero-order valence-corrected chi connectivity index (χ0v) is 29.2. The maximum Gasteiger partial charge on any atom is 0.416 e. The average Bonchev–Trinajstić information content (AvgIpc) is 3.11. The molecule has 0 spiro atoms. The molecule has 0 heterocycles. The van der Waals surface area contributed by atoms with Crippen molar-refractivity contribution in [3.63, 3.8) is 0 Å². The van der Waals surface area contributed by atoms with E-state index in [1.54, 1.807) is 50.2 Å². The van der Waals surface area contributed by atoms with Gasteiger partial charge in [0, 0.05) is 29.5 Å². The maximum absolute atomic E-state index is 14.2. The molecule has 1 N–H and O–H groups in total. The number of rotatable bonds is 13. The number of nitrogens with one attached hydrogen (secondary N) is 1. The van der Waals surface area contributed by atoms with Crippen LogP contribution in [0.3, 0.4) is 0 Å². The van der Waals surface area contributed by atoms with Crippen LogP contribution in [-0.4, -0.2) is 42.8 Å². The SMILES string of the molecule is CCOC(=O)C(C(=O)OCC)(c1ccccc1)C(OC(C)=O)c1cccc(NC(=O)c2ccccc2-c2ccc(C(F)(F)F)cc2)c1C(=O)C(C)C. The molecule has 0 radical (unpaired) electrons. The second-order valence-electron chi connectivity index (χ2n) is 12.0. The summed E-state index contributed by atoms with van der Waals surface area (Å²) in [4.78, 5) is 69.3. The first kappa shape index (κ1) is 39.0. The molecule has 9 nitrogen and oxygen atoms in total. The van der Waals surface area contributed by atoms with Crippen LogP contribution in [0.2, 0.25) is 0 Å². The standard InChI is InChI=1S/C40H38F3NO8/c1-6-50-37(48)39(38(49)51-7-2,27-14-9-8-10-15-27)35(52-25(5)45)31-18-13-19-32(33(31)34(46)24(3)4)44-36(47)30-17-12-11-16-29(30)26-20-22-28(23-21-26)40(41,42)43/h8-24,35H,6-7H2,1-5H3,(H,44,47). The molecule has 0 saturated heterocycles. The summed E-state index contributed by atoms with van der Waals surface area (Å²) >= 11 is 0. The molecule has 52 heavy (non-hydrogen) atoms. The lowest BCUT2D eigenvalue weighted by molar-refractivity contribution is -0.177. The predicted octanol–water partition coefficient (Wildman–Crippen LogP) is 8.13. The normalized spacial score (nSPS) is 12.1. The van der Waals surface area contributed by atoms with E-state index in [1.165, 1.54) is 62.4 Å². The Morgan fingerprint density at radius 3 is 1.83 bits per heavy atom. The van der Waals surface area contributed by atoms with E-state index in [0.29, 0.717) is 11.1 Å². The smallest absolute Gasteiger partial charge is 0.416 e. The van der Waals surface area contributed by atoms with E-state index in [4.69, 9.17) is 14.2 Å². The van der Waals surface area contributed by atoms with Crippen LogP contribution in [0.5, 0.6) is 0 Å². The Hall–Kier alpha value is -5.78. The summed E-state index contributed by atoms with van der Waals surface area (Å²) in [6, 6.07) is 22.6. The zero-order valence-electron chi connectivity index (χ0n) is 29.2. The van der Waals surface area contributed by atoms with Gasteiger partial charge in [0.05, 0.1) is 24.5 Å². The van der Waals surface area contributed by atoms with Gasteiger partial charge in [-0.25, -0.2) is 0 Å². The molecule has 0 aromatic heterocycles. The number of ether oxygens (including phenoxy) is 3. The molecule has 0 aliphatic carbocycles. The Bertz CT molecular complexity index is 1920. The molecule has 4 rings (SSSR count). The summed E-state index contributed by atoms with van der Waals surface area (Å²) in [5.41, 5.74) is -2.84. The van der Waals surface area contributed by atoms with Crippen LogP contribution in [-0.2, 0) is 40.2 Å². The zero-order chi connectivity index (χ0) is 38.2. The van der Waals surface area contributed by atoms with E-state index in [-0.39, 0.29) is 41.2 Å². The Kier molecular flexibility index (Phi) is 12.4. The van der Waals surface area contributed by atoms with Crippen molar-refractivity contribution in [2.24, 2.45) is 5.92 Å². The van der Waals surface area contributed by atoms with Crippen molar-refractivity contribution in [1.82, 2.24) is 0 Å². The lowest BCUT2D eigenvalue weighted by Gasteiger charge is -2.37. The van der Waals surface area contributed by atoms with Crippen LogP contribution in [0.25, 0.3) is 11.1 Å². The van der Waals surface area contributed by atoms with Crippen LogP contribution < -0.4 is 5.32 Å². The van der Waals surface area contributed by atoms with Crippen molar-refractivity contribution in [1.29, 1.82) is 0 Å². The van der Waals surface area contributed by atoms with Crippen LogP contribution >= 0.6 is 0 Å². The Balaban J connectivity index is 1.97. The largest absolute Gasteiger partial charge is 0.465 e. The van der Waals surface area contributed by atoms with Gasteiger partial charge in [-0.05, 0) is 54.8 Å². The topological polar surface area (TPSA) is 125 Å². The molecule has 0 fully saturated rings. The van der Waals surface area contributed by atoms with Gasteiger partial charge in [-0.15, -0.1) is 0 Å². The van der Waals surface area contributed by atoms with E-state index in [9.17, 15) is 37.1 Å². The van der Waals surface area contributed by atoms with E-state index >= 15 is 0 Å². The first-order chi connectivity index (χ1) is 24.7. The Labute approximate surface area is 299 Å². The number of carbonyl (C=O) groups is 5. The number of Topliss-reactive ketones (excluding diaryl/α,β-unsaturated/α-hetero) is 1. The molecule has 4 aromatic rings. The van der Waals surface area contributed by atoms with Crippen LogP contribution in [0.4, 0.5) is 18.9 Å². The number of hydrogen-bond acceptors (Lipinski definition) is 8. The highest BCUT2D eigenvalue weighted by atomic mass is 19.4. The number of ketones is 1. The van der Waals surface area contributed by atoms with Crippen LogP contribution in [0.1, 0.15) is 78.1 Å². The van der Waals surface area contributed by atoms with Gasteiger partial charge in [0.15, 0.2) is 11.9 Å². The molecule has 1 atom stereocenters. The molecule has 0 saturated carbocycles. The van der Waals surface area contributed by atoms with Gasteiger partial charge in [-0.1, -0.05) is 86.6 Å². The highest BCUT2D eigenvalue weighted by molar-refractivity contribution is 6.14. The first-order valence-corrected chi connectivity index (χ1v) is 16.5. The van der Waals surface area contributed by atoms with Gasteiger partial charge >= 0.3 is 24.1 Å². The number of halogens is 3. The molecular formula is C40H38F3NO8. The quantitative estimate of drug-likeness (QED) is 0.0636. The molecule has 0 aliphatic heterocycles. The van der Waals surface area contributed by atoms with E-state index < -0.39 is 58.8 Å². The van der Waals surface area contributed by atoms with Gasteiger partial charge in [0.1, 0.15) is 0 Å². The van der Waals surface area contributed by atoms with Crippen molar-refractivity contribution in [2.75, 3.05) is 18.5 Å². The summed E-state index contributed by atoms with van der Waals surface area (Å²) in [5.74, 6) is -5.07. The highest BCUT2D eigenvalue weighted by Crippen LogP contribution is 2.46. The molecular weight excluding hydrogens is 679 g/mol. The van der Waals surface area contributed by atoms with Crippen LogP contribution in [0, 0.1) is 5.92 Å². The monoisotopic (exact) mass is 717 g/mol. The minimum absolute atomic E-state index is 0.0461. The van der Waals surface area contributed by atoms with Crippen LogP contribution in [0.15, 0.2) is 97.1 Å². The predicted molar refractivity (Wildman–Crippen MR) is 186 cm³/mol. The summed E-state index contributed by atoms with van der Waals surface area (Å²) in [6.45, 7) is 7.03. The fourth-order valence-corrected chi connectivity index (χ4v) is 5.84. The fourth-order valence-electron chi connectivity index (χ4n) is 5.84. The Morgan fingerprint density at radius 2 is 1.29 bits per heavy atom. The van der Waals surface area contributed by atoms with E-state index in [1.807, 2.05) is 0 Å². The third kappa shape index (κ3) is 8.06. The molecule has 272 valence electrons.